The van der Waals surface area contributed by atoms with Gasteiger partial charge < -0.3 is 10.3 Å². The van der Waals surface area contributed by atoms with Gasteiger partial charge in [-0.15, -0.1) is 6.42 Å². The molecule has 0 radical (unpaired) electrons. The van der Waals surface area contributed by atoms with Crippen molar-refractivity contribution in [1.82, 2.24) is 0 Å². The summed E-state index contributed by atoms with van der Waals surface area (Å²) in [6.07, 6.45) is 10.0. The fourth-order valence-corrected chi connectivity index (χ4v) is 0.340. The molecule has 0 saturated carbocycles. The van der Waals surface area contributed by atoms with Crippen LogP contribution < -0.4 is 0 Å². The molecule has 38 valence electrons. The average Bonchev–Trinajstić information content (AvgIpc) is 1.76. The standard InChI is InChI=1S/C5H5.CH3.Zr.2H/c1-2-4-5-3-1;;;;/h1-3H,4H2;1H3;;;/q2*-1;+4;2*-1. The van der Waals surface area contributed by atoms with Gasteiger partial charge in [0.2, 0.25) is 0 Å². The van der Waals surface area contributed by atoms with E-state index in [1.807, 2.05) is 12.2 Å². The van der Waals surface area contributed by atoms with Gasteiger partial charge in [0.05, 0.1) is 0 Å². The van der Waals surface area contributed by atoms with Crippen LogP contribution in [0.4, 0.5) is 0 Å². The zero-order valence-corrected chi connectivity index (χ0v) is 6.90. The van der Waals surface area contributed by atoms with Crippen molar-refractivity contribution in [2.24, 2.45) is 0 Å². The van der Waals surface area contributed by atoms with Gasteiger partial charge in [-0.3, -0.25) is 6.08 Å². The quantitative estimate of drug-likeness (QED) is 0.491. The van der Waals surface area contributed by atoms with Crippen molar-refractivity contribution >= 4 is 0 Å². The third-order valence-corrected chi connectivity index (χ3v) is 0.586. The van der Waals surface area contributed by atoms with E-state index >= 15 is 0 Å². The minimum Gasteiger partial charge on any atom is -1.00 e. The SMILES string of the molecule is [C-]1=CC=CC1.[CH3-].[H-].[H-].[Zr+4]. The zero-order valence-electron chi connectivity index (χ0n) is 6.44. The zero-order chi connectivity index (χ0) is 3.54. The number of hydrogen-bond donors (Lipinski definition) is 0. The van der Waals surface area contributed by atoms with Crippen LogP contribution in [0.2, 0.25) is 0 Å². The molecule has 0 atom stereocenters. The summed E-state index contributed by atoms with van der Waals surface area (Å²) in [7, 11) is 0. The molecule has 0 fully saturated rings. The summed E-state index contributed by atoms with van der Waals surface area (Å²) in [5.74, 6) is 0. The maximum Gasteiger partial charge on any atom is 4.00 e. The smallest absolute Gasteiger partial charge is 1.00 e. The van der Waals surface area contributed by atoms with Crippen LogP contribution in [0.1, 0.15) is 9.27 Å². The Morgan fingerprint density at radius 1 is 1.57 bits per heavy atom. The fraction of sp³-hybridized carbons (Fsp3) is 0.167. The van der Waals surface area contributed by atoms with Gasteiger partial charge in [-0.25, -0.2) is 12.2 Å². The van der Waals surface area contributed by atoms with Crippen LogP contribution in [0, 0.1) is 13.5 Å². The summed E-state index contributed by atoms with van der Waals surface area (Å²) in [5, 5.41) is 0. The predicted octanol–water partition coefficient (Wildman–Crippen LogP) is 1.98. The molecular weight excluding hydrogens is 163 g/mol. The summed E-state index contributed by atoms with van der Waals surface area (Å²) in [6, 6.07) is 0. The van der Waals surface area contributed by atoms with Crippen molar-refractivity contribution < 1.29 is 29.1 Å². The fourth-order valence-electron chi connectivity index (χ4n) is 0.340. The summed E-state index contributed by atoms with van der Waals surface area (Å²) >= 11 is 0. The summed E-state index contributed by atoms with van der Waals surface area (Å²) < 4.78 is 0. The molecule has 0 nitrogen and oxygen atoms in total. The van der Waals surface area contributed by atoms with Crippen LogP contribution in [0.25, 0.3) is 0 Å². The van der Waals surface area contributed by atoms with Gasteiger partial charge in [0.25, 0.3) is 0 Å². The summed E-state index contributed by atoms with van der Waals surface area (Å²) in [5.41, 5.74) is 0. The Labute approximate surface area is 67.4 Å². The predicted molar refractivity (Wildman–Crippen MR) is 30.2 cm³/mol. The molecule has 0 bridgehead atoms. The topological polar surface area (TPSA) is 0 Å². The van der Waals surface area contributed by atoms with Crippen molar-refractivity contribution in [2.45, 2.75) is 6.42 Å². The van der Waals surface area contributed by atoms with Crippen LogP contribution >= 0.6 is 0 Å². The van der Waals surface area contributed by atoms with E-state index in [0.717, 1.165) is 6.42 Å². The van der Waals surface area contributed by atoms with Crippen molar-refractivity contribution in [1.29, 1.82) is 0 Å². The Kier molecular flexibility index (Phi) is 9.42. The van der Waals surface area contributed by atoms with Crippen molar-refractivity contribution in [3.05, 3.63) is 31.7 Å². The van der Waals surface area contributed by atoms with Gasteiger partial charge in [0.1, 0.15) is 0 Å². The van der Waals surface area contributed by atoms with Crippen LogP contribution in [0.15, 0.2) is 18.2 Å². The molecule has 0 aromatic heterocycles. The molecule has 0 aliphatic heterocycles. The Morgan fingerprint density at radius 2 is 2.29 bits per heavy atom. The molecule has 0 heterocycles. The molecule has 1 aliphatic carbocycles. The van der Waals surface area contributed by atoms with E-state index in [1.165, 1.54) is 0 Å². The van der Waals surface area contributed by atoms with Crippen LogP contribution in [0.3, 0.4) is 0 Å². The van der Waals surface area contributed by atoms with Gasteiger partial charge in [-0.1, -0.05) is 0 Å². The van der Waals surface area contributed by atoms with Crippen LogP contribution in [-0.2, 0) is 26.2 Å². The number of allylic oxidation sites excluding steroid dienone is 4. The second kappa shape index (κ2) is 6.36. The van der Waals surface area contributed by atoms with E-state index in [9.17, 15) is 0 Å². The second-order valence-corrected chi connectivity index (χ2v) is 1.00. The minimum absolute atomic E-state index is 0. The summed E-state index contributed by atoms with van der Waals surface area (Å²) in [6.45, 7) is 0. The third kappa shape index (κ3) is 4.21. The van der Waals surface area contributed by atoms with Gasteiger partial charge in [0, 0.05) is 0 Å². The first-order chi connectivity index (χ1) is 2.50. The van der Waals surface area contributed by atoms with Crippen molar-refractivity contribution in [2.75, 3.05) is 0 Å². The van der Waals surface area contributed by atoms with Crippen LogP contribution in [0.5, 0.6) is 0 Å². The third-order valence-electron chi connectivity index (χ3n) is 0.586. The monoisotopic (exact) mass is 172 g/mol. The average molecular weight is 173 g/mol. The largest absolute Gasteiger partial charge is 4.00 e. The van der Waals surface area contributed by atoms with Gasteiger partial charge >= 0.3 is 26.2 Å². The van der Waals surface area contributed by atoms with E-state index in [1.54, 1.807) is 0 Å². The Balaban J connectivity index is -0.0000000312. The molecule has 0 unspecified atom stereocenters. The molecule has 0 aromatic rings. The molecule has 0 N–H and O–H groups in total. The van der Waals surface area contributed by atoms with Gasteiger partial charge in [-0.05, 0) is 0 Å². The number of rotatable bonds is 0. The van der Waals surface area contributed by atoms with E-state index in [4.69, 9.17) is 0 Å². The number of hydrogen-bond acceptors (Lipinski definition) is 0. The van der Waals surface area contributed by atoms with E-state index in [-0.39, 0.29) is 36.5 Å². The maximum absolute atomic E-state index is 2.99. The Morgan fingerprint density at radius 3 is 2.43 bits per heavy atom. The van der Waals surface area contributed by atoms with E-state index in [0.29, 0.717) is 0 Å². The normalized spacial score (nSPS) is 12.6. The molecule has 1 heteroatoms. The Bertz CT molecular complexity index is 69.1. The van der Waals surface area contributed by atoms with Crippen LogP contribution in [-0.4, -0.2) is 0 Å². The second-order valence-electron chi connectivity index (χ2n) is 1.00. The molecular formula is C6H10Zr. The van der Waals surface area contributed by atoms with E-state index < -0.39 is 0 Å². The minimum atomic E-state index is 0. The van der Waals surface area contributed by atoms with E-state index in [2.05, 4.69) is 12.2 Å². The van der Waals surface area contributed by atoms with Crippen molar-refractivity contribution in [3.8, 4) is 0 Å². The Hall–Kier alpha value is 0.363. The van der Waals surface area contributed by atoms with Gasteiger partial charge in [0.15, 0.2) is 0 Å². The molecule has 0 spiro atoms. The molecule has 0 aromatic carbocycles. The first-order valence-electron chi connectivity index (χ1n) is 1.72. The molecule has 1 rings (SSSR count). The maximum atomic E-state index is 2.99. The molecule has 0 amide bonds. The summed E-state index contributed by atoms with van der Waals surface area (Å²) in [4.78, 5) is 0. The first kappa shape index (κ1) is 10.4. The van der Waals surface area contributed by atoms with Gasteiger partial charge in [-0.2, -0.15) is 6.08 Å². The van der Waals surface area contributed by atoms with Crippen molar-refractivity contribution in [3.63, 3.8) is 0 Å². The molecule has 7 heavy (non-hydrogen) atoms. The molecule has 0 saturated heterocycles. The molecule has 1 aliphatic rings. The first-order valence-corrected chi connectivity index (χ1v) is 1.72.